The predicted molar refractivity (Wildman–Crippen MR) is 82.5 cm³/mol. The van der Waals surface area contributed by atoms with Crippen LogP contribution >= 0.6 is 0 Å². The van der Waals surface area contributed by atoms with Gasteiger partial charge in [-0.1, -0.05) is 0 Å². The quantitative estimate of drug-likeness (QED) is 0.877. The summed E-state index contributed by atoms with van der Waals surface area (Å²) in [4.78, 5) is 24.9. The first-order chi connectivity index (χ1) is 10.3. The number of halogens is 1. The predicted octanol–water partition coefficient (Wildman–Crippen LogP) is 2.87. The molecule has 1 aliphatic heterocycles. The normalized spacial score (nSPS) is 15.0. The highest BCUT2D eigenvalue weighted by Gasteiger charge is 2.30. The second-order valence-corrected chi connectivity index (χ2v) is 6.27. The van der Waals surface area contributed by atoms with Gasteiger partial charge in [0.25, 0.3) is 0 Å². The number of rotatable bonds is 5. The summed E-state index contributed by atoms with van der Waals surface area (Å²) in [6, 6.07) is 4.57. The van der Waals surface area contributed by atoms with Gasteiger partial charge < -0.3 is 15.3 Å². The monoisotopic (exact) mass is 308 g/mol. The van der Waals surface area contributed by atoms with Crippen LogP contribution in [-0.2, 0) is 9.59 Å². The molecular formula is C16H21FN2O3. The number of nitrogens with one attached hydrogen (secondary N) is 1. The number of hydrogen-bond acceptors (Lipinski definition) is 3. The molecule has 0 radical (unpaired) electrons. The molecular weight excluding hydrogens is 287 g/mol. The van der Waals surface area contributed by atoms with Crippen molar-refractivity contribution < 1.29 is 19.1 Å². The zero-order valence-corrected chi connectivity index (χ0v) is 12.9. The van der Waals surface area contributed by atoms with Gasteiger partial charge >= 0.3 is 5.97 Å². The van der Waals surface area contributed by atoms with Crippen LogP contribution in [0.2, 0.25) is 0 Å². The number of carbonyl (C=O) groups excluding carboxylic acids is 1. The minimum Gasteiger partial charge on any atom is -0.481 e. The summed E-state index contributed by atoms with van der Waals surface area (Å²) >= 11 is 0. The van der Waals surface area contributed by atoms with E-state index < -0.39 is 17.3 Å². The first-order valence-corrected chi connectivity index (χ1v) is 7.37. The molecule has 0 saturated carbocycles. The van der Waals surface area contributed by atoms with Crippen molar-refractivity contribution in [3.63, 3.8) is 0 Å². The van der Waals surface area contributed by atoms with Crippen molar-refractivity contribution in [2.45, 2.75) is 33.1 Å². The van der Waals surface area contributed by atoms with Gasteiger partial charge in [-0.3, -0.25) is 9.59 Å². The van der Waals surface area contributed by atoms with Gasteiger partial charge in [-0.15, -0.1) is 0 Å². The van der Waals surface area contributed by atoms with Gasteiger partial charge in [0.15, 0.2) is 0 Å². The fraction of sp³-hybridized carbons (Fsp3) is 0.500. The number of carboxylic acid groups (broad SMARTS) is 1. The SMILES string of the molecule is CC(C)(CC(=O)Nc1ccc(N2CCCC2)c(F)c1)C(=O)O. The van der Waals surface area contributed by atoms with Gasteiger partial charge in [0.1, 0.15) is 5.82 Å². The summed E-state index contributed by atoms with van der Waals surface area (Å²) in [5.74, 6) is -1.86. The Labute approximate surface area is 129 Å². The summed E-state index contributed by atoms with van der Waals surface area (Å²) < 4.78 is 14.1. The molecule has 1 aromatic carbocycles. The molecule has 2 N–H and O–H groups in total. The lowest BCUT2D eigenvalue weighted by Gasteiger charge is -2.20. The lowest BCUT2D eigenvalue weighted by Crippen LogP contribution is -2.29. The van der Waals surface area contributed by atoms with Gasteiger partial charge in [-0.2, -0.15) is 0 Å². The Balaban J connectivity index is 2.03. The van der Waals surface area contributed by atoms with Crippen LogP contribution in [-0.4, -0.2) is 30.1 Å². The number of carbonyl (C=O) groups is 2. The molecule has 0 unspecified atom stereocenters. The fourth-order valence-electron chi connectivity index (χ4n) is 2.48. The molecule has 0 bridgehead atoms. The van der Waals surface area contributed by atoms with Crippen LogP contribution in [0.5, 0.6) is 0 Å². The first kappa shape index (κ1) is 16.3. The molecule has 6 heteroatoms. The summed E-state index contributed by atoms with van der Waals surface area (Å²) in [7, 11) is 0. The van der Waals surface area contributed by atoms with Gasteiger partial charge in [0, 0.05) is 25.2 Å². The van der Waals surface area contributed by atoms with E-state index in [1.807, 2.05) is 4.90 Å². The van der Waals surface area contributed by atoms with Crippen LogP contribution in [0.1, 0.15) is 33.1 Å². The third-order valence-corrected chi connectivity index (χ3v) is 3.86. The minimum absolute atomic E-state index is 0.169. The fourth-order valence-corrected chi connectivity index (χ4v) is 2.48. The number of anilines is 2. The molecule has 0 aromatic heterocycles. The molecule has 2 rings (SSSR count). The zero-order chi connectivity index (χ0) is 16.3. The maximum atomic E-state index is 14.1. The van der Waals surface area contributed by atoms with E-state index in [0.29, 0.717) is 11.4 Å². The highest BCUT2D eigenvalue weighted by atomic mass is 19.1. The van der Waals surface area contributed by atoms with E-state index >= 15 is 0 Å². The summed E-state index contributed by atoms with van der Waals surface area (Å²) in [6.07, 6.45) is 1.95. The maximum Gasteiger partial charge on any atom is 0.309 e. The number of benzene rings is 1. The summed E-state index contributed by atoms with van der Waals surface area (Å²) in [6.45, 7) is 4.64. The number of aliphatic carboxylic acids is 1. The van der Waals surface area contributed by atoms with E-state index in [1.165, 1.54) is 19.9 Å². The molecule has 5 nitrogen and oxygen atoms in total. The molecule has 0 spiro atoms. The Morgan fingerprint density at radius 1 is 1.32 bits per heavy atom. The Kier molecular flexibility index (Phi) is 4.68. The Hall–Kier alpha value is -2.11. The smallest absolute Gasteiger partial charge is 0.309 e. The standard InChI is InChI=1S/C16H21FN2O3/c1-16(2,15(21)22)10-14(20)18-11-5-6-13(12(17)9-11)19-7-3-4-8-19/h5-6,9H,3-4,7-8,10H2,1-2H3,(H,18,20)(H,21,22). The number of nitrogens with zero attached hydrogens (tertiary/aromatic N) is 1. The molecule has 1 amide bonds. The number of hydrogen-bond donors (Lipinski definition) is 2. The van der Waals surface area contributed by atoms with Gasteiger partial charge in [0.2, 0.25) is 5.91 Å². The molecule has 1 heterocycles. The number of amides is 1. The highest BCUT2D eigenvalue weighted by molar-refractivity contribution is 5.94. The van der Waals surface area contributed by atoms with Crippen molar-refractivity contribution in [1.82, 2.24) is 0 Å². The van der Waals surface area contributed by atoms with Crippen molar-refractivity contribution in [1.29, 1.82) is 0 Å². The lowest BCUT2D eigenvalue weighted by molar-refractivity contribution is -0.148. The van der Waals surface area contributed by atoms with Crippen LogP contribution in [0.3, 0.4) is 0 Å². The highest BCUT2D eigenvalue weighted by Crippen LogP contribution is 2.27. The van der Waals surface area contributed by atoms with E-state index in [0.717, 1.165) is 25.9 Å². The van der Waals surface area contributed by atoms with Crippen molar-refractivity contribution in [2.24, 2.45) is 5.41 Å². The average molecular weight is 308 g/mol. The van der Waals surface area contributed by atoms with Gasteiger partial charge in [-0.05, 0) is 44.9 Å². The third-order valence-electron chi connectivity index (χ3n) is 3.86. The van der Waals surface area contributed by atoms with Crippen molar-refractivity contribution in [2.75, 3.05) is 23.3 Å². The van der Waals surface area contributed by atoms with Crippen LogP contribution < -0.4 is 10.2 Å². The van der Waals surface area contributed by atoms with E-state index in [1.54, 1.807) is 12.1 Å². The largest absolute Gasteiger partial charge is 0.481 e. The van der Waals surface area contributed by atoms with Gasteiger partial charge in [0.05, 0.1) is 11.1 Å². The maximum absolute atomic E-state index is 14.1. The Morgan fingerprint density at radius 3 is 2.50 bits per heavy atom. The van der Waals surface area contributed by atoms with E-state index in [-0.39, 0.29) is 12.2 Å². The average Bonchev–Trinajstić information content (AvgIpc) is 2.91. The van der Waals surface area contributed by atoms with Crippen molar-refractivity contribution in [3.05, 3.63) is 24.0 Å². The van der Waals surface area contributed by atoms with Crippen LogP contribution in [0.25, 0.3) is 0 Å². The van der Waals surface area contributed by atoms with Crippen molar-refractivity contribution in [3.8, 4) is 0 Å². The first-order valence-electron chi connectivity index (χ1n) is 7.37. The summed E-state index contributed by atoms with van der Waals surface area (Å²) in [5, 5.41) is 11.6. The number of carboxylic acids is 1. The molecule has 1 saturated heterocycles. The molecule has 0 atom stereocenters. The molecule has 1 aliphatic rings. The van der Waals surface area contributed by atoms with Crippen LogP contribution in [0.4, 0.5) is 15.8 Å². The van der Waals surface area contributed by atoms with E-state index in [2.05, 4.69) is 5.32 Å². The second-order valence-electron chi connectivity index (χ2n) is 6.27. The Morgan fingerprint density at radius 2 is 1.95 bits per heavy atom. The third kappa shape index (κ3) is 3.75. The molecule has 1 aromatic rings. The lowest BCUT2D eigenvalue weighted by atomic mass is 9.89. The topological polar surface area (TPSA) is 69.6 Å². The van der Waals surface area contributed by atoms with Crippen LogP contribution in [0.15, 0.2) is 18.2 Å². The molecule has 120 valence electrons. The van der Waals surface area contributed by atoms with E-state index in [9.17, 15) is 14.0 Å². The zero-order valence-electron chi connectivity index (χ0n) is 12.9. The molecule has 1 fully saturated rings. The second kappa shape index (κ2) is 6.34. The minimum atomic E-state index is -1.15. The Bertz CT molecular complexity index is 581. The molecule has 0 aliphatic carbocycles. The molecule has 22 heavy (non-hydrogen) atoms. The van der Waals surface area contributed by atoms with Gasteiger partial charge in [-0.25, -0.2) is 4.39 Å². The van der Waals surface area contributed by atoms with Crippen molar-refractivity contribution >= 4 is 23.3 Å². The summed E-state index contributed by atoms with van der Waals surface area (Å²) in [5.41, 5.74) is -0.272. The van der Waals surface area contributed by atoms with E-state index in [4.69, 9.17) is 5.11 Å². The van der Waals surface area contributed by atoms with Crippen LogP contribution in [0, 0.1) is 11.2 Å².